The number of aryl methyl sites for hydroxylation is 1. The van der Waals surface area contributed by atoms with E-state index < -0.39 is 0 Å². The van der Waals surface area contributed by atoms with E-state index in [-0.39, 0.29) is 6.10 Å². The number of nitrogens with zero attached hydrogens (tertiary/aromatic N) is 2. The molecule has 1 aromatic carbocycles. The molecule has 2 heterocycles. The first-order chi connectivity index (χ1) is 9.90. The van der Waals surface area contributed by atoms with E-state index in [0.717, 1.165) is 38.2 Å². The quantitative estimate of drug-likeness (QED) is 0.928. The average Bonchev–Trinajstić information content (AvgIpc) is 2.98. The summed E-state index contributed by atoms with van der Waals surface area (Å²) < 4.78 is 8.03. The molecule has 3 rings (SSSR count). The summed E-state index contributed by atoms with van der Waals surface area (Å²) in [6, 6.07) is 8.54. The van der Waals surface area contributed by atoms with Gasteiger partial charge in [0.25, 0.3) is 0 Å². The summed E-state index contributed by atoms with van der Waals surface area (Å²) in [5.41, 5.74) is 3.70. The Labute approximate surface area is 119 Å². The summed E-state index contributed by atoms with van der Waals surface area (Å²) in [4.78, 5) is 4.33. The second kappa shape index (κ2) is 6.20. The number of rotatable bonds is 4. The van der Waals surface area contributed by atoms with Crippen LogP contribution in [0.1, 0.15) is 30.7 Å². The fourth-order valence-electron chi connectivity index (χ4n) is 2.73. The van der Waals surface area contributed by atoms with E-state index in [9.17, 15) is 0 Å². The molecule has 0 spiro atoms. The van der Waals surface area contributed by atoms with Crippen LogP contribution in [0, 0.1) is 0 Å². The molecule has 0 bridgehead atoms. The van der Waals surface area contributed by atoms with E-state index in [1.165, 1.54) is 11.3 Å². The SMILES string of the molecule is CCCc1ccccc1-n1cncc1C1CNCCO1. The molecule has 0 saturated carbocycles. The third-order valence-corrected chi connectivity index (χ3v) is 3.70. The lowest BCUT2D eigenvalue weighted by molar-refractivity contribution is 0.0240. The Bertz CT molecular complexity index is 558. The van der Waals surface area contributed by atoms with Gasteiger partial charge in [-0.25, -0.2) is 4.98 Å². The molecule has 4 heteroatoms. The highest BCUT2D eigenvalue weighted by molar-refractivity contribution is 5.42. The van der Waals surface area contributed by atoms with Crippen LogP contribution in [-0.4, -0.2) is 29.2 Å². The van der Waals surface area contributed by atoms with Crippen molar-refractivity contribution >= 4 is 0 Å². The van der Waals surface area contributed by atoms with Gasteiger partial charge in [-0.2, -0.15) is 0 Å². The van der Waals surface area contributed by atoms with Crippen molar-refractivity contribution in [3.05, 3.63) is 48.0 Å². The Balaban J connectivity index is 1.96. The number of nitrogens with one attached hydrogen (secondary N) is 1. The minimum atomic E-state index is 0.0842. The molecule has 1 aromatic heterocycles. The number of hydrogen-bond acceptors (Lipinski definition) is 3. The molecular weight excluding hydrogens is 250 g/mol. The molecule has 1 saturated heterocycles. The van der Waals surface area contributed by atoms with E-state index in [1.807, 2.05) is 12.5 Å². The Morgan fingerprint density at radius 2 is 2.30 bits per heavy atom. The predicted molar refractivity (Wildman–Crippen MR) is 79.1 cm³/mol. The lowest BCUT2D eigenvalue weighted by atomic mass is 10.1. The molecule has 0 aliphatic carbocycles. The van der Waals surface area contributed by atoms with Crippen molar-refractivity contribution in [1.29, 1.82) is 0 Å². The fourth-order valence-corrected chi connectivity index (χ4v) is 2.73. The minimum Gasteiger partial charge on any atom is -0.369 e. The van der Waals surface area contributed by atoms with E-state index in [0.29, 0.717) is 0 Å². The number of aromatic nitrogens is 2. The highest BCUT2D eigenvalue weighted by Gasteiger charge is 2.20. The fraction of sp³-hybridized carbons (Fsp3) is 0.438. The maximum absolute atomic E-state index is 5.86. The van der Waals surface area contributed by atoms with Gasteiger partial charge in [0.15, 0.2) is 0 Å². The number of hydrogen-bond donors (Lipinski definition) is 1. The van der Waals surface area contributed by atoms with Crippen LogP contribution in [0.3, 0.4) is 0 Å². The van der Waals surface area contributed by atoms with E-state index >= 15 is 0 Å². The van der Waals surface area contributed by atoms with Crippen molar-refractivity contribution < 1.29 is 4.74 Å². The Morgan fingerprint density at radius 3 is 3.10 bits per heavy atom. The Hall–Kier alpha value is -1.65. The van der Waals surface area contributed by atoms with Gasteiger partial charge in [-0.1, -0.05) is 31.5 Å². The van der Waals surface area contributed by atoms with Crippen LogP contribution >= 0.6 is 0 Å². The highest BCUT2D eigenvalue weighted by atomic mass is 16.5. The Kier molecular flexibility index (Phi) is 4.14. The van der Waals surface area contributed by atoms with Crippen molar-refractivity contribution in [2.24, 2.45) is 0 Å². The number of ether oxygens (including phenoxy) is 1. The van der Waals surface area contributed by atoms with Gasteiger partial charge in [-0.05, 0) is 18.1 Å². The predicted octanol–water partition coefficient (Wildman–Crippen LogP) is 2.49. The molecular formula is C16H21N3O. The molecule has 1 atom stereocenters. The second-order valence-electron chi connectivity index (χ2n) is 5.13. The van der Waals surface area contributed by atoms with Crippen LogP contribution < -0.4 is 5.32 Å². The van der Waals surface area contributed by atoms with Gasteiger partial charge >= 0.3 is 0 Å². The highest BCUT2D eigenvalue weighted by Crippen LogP contribution is 2.24. The minimum absolute atomic E-state index is 0.0842. The first-order valence-electron chi connectivity index (χ1n) is 7.33. The van der Waals surface area contributed by atoms with Gasteiger partial charge < -0.3 is 14.6 Å². The number of imidazole rings is 1. The zero-order chi connectivity index (χ0) is 13.8. The van der Waals surface area contributed by atoms with Crippen molar-refractivity contribution in [2.75, 3.05) is 19.7 Å². The Morgan fingerprint density at radius 1 is 1.40 bits per heavy atom. The van der Waals surface area contributed by atoms with Crippen molar-refractivity contribution in [1.82, 2.24) is 14.9 Å². The maximum atomic E-state index is 5.86. The molecule has 1 N–H and O–H groups in total. The summed E-state index contributed by atoms with van der Waals surface area (Å²) in [7, 11) is 0. The van der Waals surface area contributed by atoms with E-state index in [2.05, 4.69) is 46.1 Å². The van der Waals surface area contributed by atoms with E-state index in [4.69, 9.17) is 4.74 Å². The summed E-state index contributed by atoms with van der Waals surface area (Å²) in [6.45, 7) is 4.74. The number of benzene rings is 1. The summed E-state index contributed by atoms with van der Waals surface area (Å²) in [5.74, 6) is 0. The van der Waals surface area contributed by atoms with Gasteiger partial charge in [0, 0.05) is 13.1 Å². The van der Waals surface area contributed by atoms with Crippen molar-refractivity contribution in [2.45, 2.75) is 25.9 Å². The van der Waals surface area contributed by atoms with Gasteiger partial charge in [0.2, 0.25) is 0 Å². The zero-order valence-electron chi connectivity index (χ0n) is 11.9. The van der Waals surface area contributed by atoms with E-state index in [1.54, 1.807) is 0 Å². The topological polar surface area (TPSA) is 39.1 Å². The van der Waals surface area contributed by atoms with Crippen LogP contribution in [0.5, 0.6) is 0 Å². The second-order valence-corrected chi connectivity index (χ2v) is 5.13. The lowest BCUT2D eigenvalue weighted by Crippen LogP contribution is -2.34. The third kappa shape index (κ3) is 2.62. The van der Waals surface area contributed by atoms with Crippen LogP contribution in [-0.2, 0) is 11.2 Å². The molecule has 4 nitrogen and oxygen atoms in total. The monoisotopic (exact) mass is 271 g/mol. The van der Waals surface area contributed by atoms with Crippen molar-refractivity contribution in [3.8, 4) is 5.69 Å². The lowest BCUT2D eigenvalue weighted by Gasteiger charge is -2.25. The van der Waals surface area contributed by atoms with Crippen LogP contribution in [0.25, 0.3) is 5.69 Å². The molecule has 0 amide bonds. The third-order valence-electron chi connectivity index (χ3n) is 3.70. The van der Waals surface area contributed by atoms with Gasteiger partial charge in [-0.3, -0.25) is 0 Å². The maximum Gasteiger partial charge on any atom is 0.112 e. The zero-order valence-corrected chi connectivity index (χ0v) is 11.9. The van der Waals surface area contributed by atoms with Crippen LogP contribution in [0.15, 0.2) is 36.8 Å². The smallest absolute Gasteiger partial charge is 0.112 e. The average molecular weight is 271 g/mol. The summed E-state index contributed by atoms with van der Waals surface area (Å²) >= 11 is 0. The molecule has 1 aliphatic heterocycles. The largest absolute Gasteiger partial charge is 0.369 e. The molecule has 1 fully saturated rings. The molecule has 106 valence electrons. The van der Waals surface area contributed by atoms with Crippen LogP contribution in [0.2, 0.25) is 0 Å². The first-order valence-corrected chi connectivity index (χ1v) is 7.33. The molecule has 1 unspecified atom stereocenters. The number of para-hydroxylation sites is 1. The molecule has 20 heavy (non-hydrogen) atoms. The number of morpholine rings is 1. The van der Waals surface area contributed by atoms with Gasteiger partial charge in [-0.15, -0.1) is 0 Å². The van der Waals surface area contributed by atoms with Gasteiger partial charge in [0.1, 0.15) is 6.10 Å². The van der Waals surface area contributed by atoms with Crippen LogP contribution in [0.4, 0.5) is 0 Å². The normalized spacial score (nSPS) is 19.1. The first kappa shape index (κ1) is 13.3. The summed E-state index contributed by atoms with van der Waals surface area (Å²) in [5, 5.41) is 3.38. The molecule has 2 aromatic rings. The molecule has 0 radical (unpaired) electrons. The molecule has 1 aliphatic rings. The summed E-state index contributed by atoms with van der Waals surface area (Å²) in [6.07, 6.45) is 6.11. The van der Waals surface area contributed by atoms with Crippen molar-refractivity contribution in [3.63, 3.8) is 0 Å². The van der Waals surface area contributed by atoms with Gasteiger partial charge in [0.05, 0.1) is 30.5 Å². The standard InChI is InChI=1S/C16H21N3O/c1-2-5-13-6-3-4-7-14(13)19-12-18-10-15(19)16-11-17-8-9-20-16/h3-4,6-7,10,12,16-17H,2,5,8-9,11H2,1H3.